The van der Waals surface area contributed by atoms with Crippen LogP contribution < -0.4 is 0 Å². The van der Waals surface area contributed by atoms with Crippen molar-refractivity contribution in [1.29, 1.82) is 0 Å². The zero-order valence-corrected chi connectivity index (χ0v) is 28.5. The Balaban J connectivity index is 5.68. The fourth-order valence-corrected chi connectivity index (χ4v) is 21.1. The largest absolute Gasteiger partial charge is 0.636 e. The van der Waals surface area contributed by atoms with E-state index < -0.39 is 53.3 Å². The van der Waals surface area contributed by atoms with Crippen molar-refractivity contribution in [3.05, 3.63) is 0 Å². The van der Waals surface area contributed by atoms with E-state index in [0.717, 1.165) is 31.4 Å². The second-order valence-corrected chi connectivity index (χ2v) is 25.6. The highest BCUT2D eigenvalue weighted by molar-refractivity contribution is 6.85. The number of hydrogen-bond acceptors (Lipinski definition) is 7. The van der Waals surface area contributed by atoms with Gasteiger partial charge >= 0.3 is 17.9 Å². The van der Waals surface area contributed by atoms with Crippen LogP contribution in [-0.4, -0.2) is 73.1 Å². The van der Waals surface area contributed by atoms with Gasteiger partial charge in [0.25, 0.3) is 0 Å². The number of rotatable bonds is 20. The highest BCUT2D eigenvalue weighted by Gasteiger charge is 2.52. The number of hydrogen-bond donors (Lipinski definition) is 0. The predicted molar refractivity (Wildman–Crippen MR) is 144 cm³/mol. The van der Waals surface area contributed by atoms with Crippen LogP contribution in [0, 0.1) is 0 Å². The minimum Gasteiger partial charge on any atom is -0.396 e. The van der Waals surface area contributed by atoms with Crippen molar-refractivity contribution in [1.82, 2.24) is 0 Å². The molecular weight excluding hydrogens is 509 g/mol. The molecule has 13 heteroatoms. The molecule has 0 fully saturated rings. The first-order chi connectivity index (χ1) is 14.8. The van der Waals surface area contributed by atoms with E-state index in [2.05, 4.69) is 73.1 Å². The van der Waals surface area contributed by atoms with Gasteiger partial charge in [0.1, 0.15) is 0 Å². The van der Waals surface area contributed by atoms with Crippen LogP contribution in [0.2, 0.25) is 64.5 Å². The molecule has 0 aromatic carbocycles. The predicted octanol–water partition coefficient (Wildman–Crippen LogP) is 5.67. The Morgan fingerprint density at radius 1 is 0.562 bits per heavy atom. The summed E-state index contributed by atoms with van der Waals surface area (Å²) in [5.74, 6) is 0. The third-order valence-electron chi connectivity index (χ3n) is 4.00. The van der Waals surface area contributed by atoms with E-state index in [1.807, 2.05) is 0 Å². The molecule has 0 unspecified atom stereocenters. The Bertz CT molecular complexity index is 435. The Kier molecular flexibility index (Phi) is 17.2. The van der Waals surface area contributed by atoms with Gasteiger partial charge in [0.15, 0.2) is 35.4 Å². The third kappa shape index (κ3) is 14.4. The van der Waals surface area contributed by atoms with Crippen LogP contribution in [0.25, 0.3) is 0 Å². The highest BCUT2D eigenvalue weighted by atomic mass is 28.5. The second kappa shape index (κ2) is 16.6. The lowest BCUT2D eigenvalue weighted by Gasteiger charge is -2.39. The molecule has 0 aliphatic heterocycles. The van der Waals surface area contributed by atoms with Crippen LogP contribution in [0.4, 0.5) is 0 Å². The molecule has 0 aliphatic rings. The van der Waals surface area contributed by atoms with E-state index >= 15 is 0 Å². The topological polar surface area (TPSA) is 64.6 Å². The Morgan fingerprint density at radius 2 is 0.906 bits per heavy atom. The van der Waals surface area contributed by atoms with E-state index in [1.54, 1.807) is 0 Å². The lowest BCUT2D eigenvalue weighted by molar-refractivity contribution is 0.0599. The normalized spacial score (nSPS) is 13.7. The average Bonchev–Trinajstić information content (AvgIpc) is 2.64. The molecule has 0 aliphatic carbocycles. The SMILES string of the molecule is CCCO[Si](CC[Si](C)(C)O[Si](O[Si](C)C)(O[Si](C)C)O[Si](C)C)(OCCC)OCCC. The van der Waals surface area contributed by atoms with Gasteiger partial charge in [-0.05, 0) is 77.7 Å². The first kappa shape index (κ1) is 33.0. The zero-order chi connectivity index (χ0) is 24.8. The fourth-order valence-electron chi connectivity index (χ4n) is 2.83. The van der Waals surface area contributed by atoms with E-state index in [9.17, 15) is 0 Å². The summed E-state index contributed by atoms with van der Waals surface area (Å²) in [6.07, 6.45) is 2.82. The Labute approximate surface area is 207 Å². The van der Waals surface area contributed by atoms with Gasteiger partial charge in [-0.15, -0.1) is 0 Å². The summed E-state index contributed by atoms with van der Waals surface area (Å²) >= 11 is 0. The molecule has 32 heavy (non-hydrogen) atoms. The molecule has 0 aromatic rings. The van der Waals surface area contributed by atoms with Gasteiger partial charge < -0.3 is 29.7 Å². The van der Waals surface area contributed by atoms with Crippen LogP contribution in [0.3, 0.4) is 0 Å². The van der Waals surface area contributed by atoms with Gasteiger partial charge in [0.2, 0.25) is 0 Å². The van der Waals surface area contributed by atoms with Gasteiger partial charge in [0.05, 0.1) is 0 Å². The summed E-state index contributed by atoms with van der Waals surface area (Å²) in [5.41, 5.74) is 0. The monoisotopic (exact) mass is 557 g/mol. The molecule has 0 heterocycles. The Hall–Kier alpha value is 1.02. The smallest absolute Gasteiger partial charge is 0.396 e. The zero-order valence-electron chi connectivity index (χ0n) is 22.5. The van der Waals surface area contributed by atoms with Crippen molar-refractivity contribution < 1.29 is 29.7 Å². The van der Waals surface area contributed by atoms with Gasteiger partial charge in [-0.1, -0.05) is 20.8 Å². The molecule has 0 aromatic heterocycles. The molecule has 0 bridgehead atoms. The molecule has 3 radical (unpaired) electrons. The fraction of sp³-hybridized carbons (Fsp3) is 1.00. The average molecular weight is 558 g/mol. The van der Waals surface area contributed by atoms with Crippen molar-refractivity contribution in [2.24, 2.45) is 0 Å². The summed E-state index contributed by atoms with van der Waals surface area (Å²) < 4.78 is 44.9. The van der Waals surface area contributed by atoms with E-state index in [-0.39, 0.29) is 0 Å². The van der Waals surface area contributed by atoms with Crippen LogP contribution in [-0.2, 0) is 29.7 Å². The lowest BCUT2D eigenvalue weighted by atomic mass is 10.5. The van der Waals surface area contributed by atoms with Crippen molar-refractivity contribution in [3.63, 3.8) is 0 Å². The molecule has 0 saturated heterocycles. The van der Waals surface area contributed by atoms with Crippen LogP contribution in [0.15, 0.2) is 0 Å². The summed E-state index contributed by atoms with van der Waals surface area (Å²) in [7, 11) is -11.4. The van der Waals surface area contributed by atoms with Gasteiger partial charge in [-0.25, -0.2) is 0 Å². The van der Waals surface area contributed by atoms with Crippen molar-refractivity contribution in [2.45, 2.75) is 104 Å². The van der Waals surface area contributed by atoms with E-state index in [1.165, 1.54) is 0 Å². The summed E-state index contributed by atoms with van der Waals surface area (Å²) in [6, 6.07) is 1.60. The first-order valence-corrected chi connectivity index (χ1v) is 25.8. The maximum absolute atomic E-state index is 6.81. The summed E-state index contributed by atoms with van der Waals surface area (Å²) in [4.78, 5) is 0. The van der Waals surface area contributed by atoms with Gasteiger partial charge in [0, 0.05) is 25.9 Å². The Morgan fingerprint density at radius 3 is 1.19 bits per heavy atom. The van der Waals surface area contributed by atoms with Crippen molar-refractivity contribution in [3.8, 4) is 0 Å². The molecule has 7 nitrogen and oxygen atoms in total. The van der Waals surface area contributed by atoms with Crippen LogP contribution in [0.1, 0.15) is 40.0 Å². The maximum Gasteiger partial charge on any atom is 0.636 e. The van der Waals surface area contributed by atoms with Crippen LogP contribution >= 0.6 is 0 Å². The molecule has 191 valence electrons. The first-order valence-electron chi connectivity index (χ1n) is 11.9. The lowest BCUT2D eigenvalue weighted by Crippen LogP contribution is -2.61. The van der Waals surface area contributed by atoms with Crippen LogP contribution in [0.5, 0.6) is 0 Å². The molecule has 0 spiro atoms. The van der Waals surface area contributed by atoms with E-state index in [0.29, 0.717) is 19.8 Å². The molecule has 0 rings (SSSR count). The standard InChI is InChI=1S/C19H49O7Si6/c1-12-15-20-31(21-16-13-2,22-17-14-3)19-18-30(10,11)26-32(23-27(4)5,24-28(6)7)25-29(8)9/h12-19H2,1-11H3. The quantitative estimate of drug-likeness (QED) is 0.179. The summed E-state index contributed by atoms with van der Waals surface area (Å²) in [5, 5.41) is 0. The van der Waals surface area contributed by atoms with E-state index in [4.69, 9.17) is 29.7 Å². The minimum atomic E-state index is -3.20. The highest BCUT2D eigenvalue weighted by Crippen LogP contribution is 2.29. The summed E-state index contributed by atoms with van der Waals surface area (Å²) in [6.45, 7) is 25.4. The minimum absolute atomic E-state index is 0.656. The maximum atomic E-state index is 6.81. The molecule has 0 amide bonds. The molecular formula is C19H49O7Si6. The van der Waals surface area contributed by atoms with Crippen molar-refractivity contribution >= 4 is 53.3 Å². The molecule has 0 saturated carbocycles. The second-order valence-electron chi connectivity index (χ2n) is 9.12. The molecule has 0 N–H and O–H groups in total. The van der Waals surface area contributed by atoms with Crippen molar-refractivity contribution in [2.75, 3.05) is 19.8 Å². The van der Waals surface area contributed by atoms with Gasteiger partial charge in [-0.2, -0.15) is 0 Å². The molecule has 0 atom stereocenters. The third-order valence-corrected chi connectivity index (χ3v) is 19.9. The van der Waals surface area contributed by atoms with Gasteiger partial charge in [-0.3, -0.25) is 0 Å².